The van der Waals surface area contributed by atoms with Crippen molar-refractivity contribution in [2.45, 2.75) is 32.8 Å². The van der Waals surface area contributed by atoms with Gasteiger partial charge in [0.1, 0.15) is 9.84 Å². The van der Waals surface area contributed by atoms with Crippen LogP contribution < -0.4 is 0 Å². The largest absolute Gasteiger partial charge is 0.388 e. The molecule has 1 rings (SSSR count). The molecule has 0 amide bonds. The highest BCUT2D eigenvalue weighted by atomic mass is 79.9. The highest BCUT2D eigenvalue weighted by Crippen LogP contribution is 2.23. The van der Waals surface area contributed by atoms with E-state index in [1.165, 1.54) is 0 Å². The van der Waals surface area contributed by atoms with Crippen molar-refractivity contribution in [3.05, 3.63) is 33.8 Å². The molecule has 0 aliphatic heterocycles. The van der Waals surface area contributed by atoms with Gasteiger partial charge in [0, 0.05) is 10.2 Å². The van der Waals surface area contributed by atoms with Crippen LogP contribution in [0.1, 0.15) is 37.0 Å². The predicted molar refractivity (Wildman–Crippen MR) is 77.4 cm³/mol. The Morgan fingerprint density at radius 2 is 2.00 bits per heavy atom. The van der Waals surface area contributed by atoms with Crippen LogP contribution in [0, 0.1) is 6.92 Å². The first-order chi connectivity index (χ1) is 8.34. The number of aliphatic hydroxyl groups excluding tert-OH is 1. The summed E-state index contributed by atoms with van der Waals surface area (Å²) in [7, 11) is -2.93. The third-order valence-electron chi connectivity index (χ3n) is 2.82. The minimum Gasteiger partial charge on any atom is -0.388 e. The lowest BCUT2D eigenvalue weighted by Crippen LogP contribution is -2.10. The number of aryl methyl sites for hydroxylation is 1. The summed E-state index contributed by atoms with van der Waals surface area (Å²) >= 11 is 3.39. The van der Waals surface area contributed by atoms with E-state index < -0.39 is 15.9 Å². The van der Waals surface area contributed by atoms with Gasteiger partial charge in [0.2, 0.25) is 0 Å². The summed E-state index contributed by atoms with van der Waals surface area (Å²) in [5, 5.41) is 10.0. The van der Waals surface area contributed by atoms with Gasteiger partial charge < -0.3 is 5.11 Å². The summed E-state index contributed by atoms with van der Waals surface area (Å²) in [4.78, 5) is 0. The minimum atomic E-state index is -2.93. The van der Waals surface area contributed by atoms with Gasteiger partial charge in [0.15, 0.2) is 0 Å². The van der Waals surface area contributed by atoms with E-state index in [0.29, 0.717) is 12.8 Å². The second-order valence-corrected chi connectivity index (χ2v) is 7.84. The van der Waals surface area contributed by atoms with E-state index in [1.54, 1.807) is 6.92 Å². The molecule has 1 N–H and O–H groups in total. The molecular weight excluding hydrogens is 316 g/mol. The van der Waals surface area contributed by atoms with E-state index in [-0.39, 0.29) is 11.5 Å². The number of hydrogen-bond acceptors (Lipinski definition) is 3. The molecule has 0 radical (unpaired) electrons. The van der Waals surface area contributed by atoms with E-state index in [2.05, 4.69) is 15.9 Å². The van der Waals surface area contributed by atoms with Crippen LogP contribution in [-0.2, 0) is 9.84 Å². The highest BCUT2D eigenvalue weighted by molar-refractivity contribution is 9.10. The Hall–Kier alpha value is -0.390. The molecule has 18 heavy (non-hydrogen) atoms. The monoisotopic (exact) mass is 334 g/mol. The Bertz CT molecular complexity index is 477. The molecule has 0 aliphatic carbocycles. The third kappa shape index (κ3) is 5.08. The fourth-order valence-corrected chi connectivity index (χ4v) is 3.29. The van der Waals surface area contributed by atoms with Gasteiger partial charge in [0.05, 0.1) is 11.9 Å². The normalized spacial score (nSPS) is 13.6. The lowest BCUT2D eigenvalue weighted by atomic mass is 10.0. The van der Waals surface area contributed by atoms with Crippen molar-refractivity contribution in [3.8, 4) is 0 Å². The minimum absolute atomic E-state index is 0.146. The van der Waals surface area contributed by atoms with Crippen LogP contribution >= 0.6 is 15.9 Å². The molecule has 0 aromatic heterocycles. The van der Waals surface area contributed by atoms with Crippen LogP contribution in [0.25, 0.3) is 0 Å². The fourth-order valence-electron chi connectivity index (χ4n) is 1.76. The first kappa shape index (κ1) is 15.7. The zero-order chi connectivity index (χ0) is 13.8. The molecular formula is C13H19BrO3S. The maximum Gasteiger partial charge on any atom is 0.150 e. The molecule has 0 bridgehead atoms. The number of sulfone groups is 1. The zero-order valence-corrected chi connectivity index (χ0v) is 13.1. The van der Waals surface area contributed by atoms with Gasteiger partial charge in [-0.3, -0.25) is 0 Å². The van der Waals surface area contributed by atoms with Crippen LogP contribution in [-0.4, -0.2) is 25.0 Å². The van der Waals surface area contributed by atoms with Crippen molar-refractivity contribution in [1.82, 2.24) is 0 Å². The molecule has 102 valence electrons. The molecule has 0 spiro atoms. The van der Waals surface area contributed by atoms with E-state index in [0.717, 1.165) is 15.6 Å². The number of hydrogen-bond donors (Lipinski definition) is 1. The van der Waals surface area contributed by atoms with Crippen molar-refractivity contribution in [2.24, 2.45) is 0 Å². The Balaban J connectivity index is 2.58. The SMILES string of the molecule is CCS(=O)(=O)CCCC(O)c1cc(C)cc(Br)c1. The van der Waals surface area contributed by atoms with Crippen LogP contribution in [0.3, 0.4) is 0 Å². The van der Waals surface area contributed by atoms with E-state index >= 15 is 0 Å². The smallest absolute Gasteiger partial charge is 0.150 e. The van der Waals surface area contributed by atoms with Crippen LogP contribution in [0.2, 0.25) is 0 Å². The molecule has 1 atom stereocenters. The molecule has 0 saturated carbocycles. The predicted octanol–water partition coefficient (Wildman–Crippen LogP) is 3.01. The lowest BCUT2D eigenvalue weighted by Gasteiger charge is -2.12. The first-order valence-electron chi connectivity index (χ1n) is 5.99. The maximum atomic E-state index is 11.3. The number of aliphatic hydroxyl groups is 1. The summed E-state index contributed by atoms with van der Waals surface area (Å²) in [6.45, 7) is 3.60. The van der Waals surface area contributed by atoms with E-state index in [9.17, 15) is 13.5 Å². The van der Waals surface area contributed by atoms with Crippen molar-refractivity contribution < 1.29 is 13.5 Å². The zero-order valence-electron chi connectivity index (χ0n) is 10.7. The van der Waals surface area contributed by atoms with Gasteiger partial charge in [-0.25, -0.2) is 8.42 Å². The number of benzene rings is 1. The van der Waals surface area contributed by atoms with Gasteiger partial charge >= 0.3 is 0 Å². The summed E-state index contributed by atoms with van der Waals surface area (Å²) in [6.07, 6.45) is 0.353. The van der Waals surface area contributed by atoms with Gasteiger partial charge in [-0.05, 0) is 43.0 Å². The Morgan fingerprint density at radius 3 is 2.56 bits per heavy atom. The Labute approximate surface area is 117 Å². The molecule has 1 unspecified atom stereocenters. The van der Waals surface area contributed by atoms with Crippen molar-refractivity contribution in [1.29, 1.82) is 0 Å². The molecule has 1 aromatic carbocycles. The molecule has 0 aliphatic rings. The lowest BCUT2D eigenvalue weighted by molar-refractivity contribution is 0.166. The quantitative estimate of drug-likeness (QED) is 0.869. The average molecular weight is 335 g/mol. The fraction of sp³-hybridized carbons (Fsp3) is 0.538. The highest BCUT2D eigenvalue weighted by Gasteiger charge is 2.12. The molecule has 3 nitrogen and oxygen atoms in total. The van der Waals surface area contributed by atoms with Crippen LogP contribution in [0.5, 0.6) is 0 Å². The molecule has 5 heteroatoms. The number of halogens is 1. The van der Waals surface area contributed by atoms with E-state index in [4.69, 9.17) is 0 Å². The van der Waals surface area contributed by atoms with Gasteiger partial charge in [0.25, 0.3) is 0 Å². The summed E-state index contributed by atoms with van der Waals surface area (Å²) in [5.41, 5.74) is 1.90. The molecule has 0 saturated heterocycles. The maximum absolute atomic E-state index is 11.3. The van der Waals surface area contributed by atoms with Crippen molar-refractivity contribution in [3.63, 3.8) is 0 Å². The topological polar surface area (TPSA) is 54.4 Å². The third-order valence-corrected chi connectivity index (χ3v) is 5.07. The summed E-state index contributed by atoms with van der Waals surface area (Å²) in [6, 6.07) is 5.76. The molecule has 0 heterocycles. The van der Waals surface area contributed by atoms with Gasteiger partial charge in [-0.15, -0.1) is 0 Å². The Morgan fingerprint density at radius 1 is 1.33 bits per heavy atom. The number of rotatable bonds is 6. The standard InChI is InChI=1S/C13H19BrO3S/c1-3-18(16,17)6-4-5-13(15)11-7-10(2)8-12(14)9-11/h7-9,13,15H,3-6H2,1-2H3. The second-order valence-electron chi connectivity index (χ2n) is 4.46. The second kappa shape index (κ2) is 6.68. The first-order valence-corrected chi connectivity index (χ1v) is 8.61. The molecule has 0 fully saturated rings. The van der Waals surface area contributed by atoms with Crippen molar-refractivity contribution in [2.75, 3.05) is 11.5 Å². The van der Waals surface area contributed by atoms with Crippen LogP contribution in [0.15, 0.2) is 22.7 Å². The summed E-state index contributed by atoms with van der Waals surface area (Å²) < 4.78 is 23.6. The van der Waals surface area contributed by atoms with Crippen LogP contribution in [0.4, 0.5) is 0 Å². The van der Waals surface area contributed by atoms with Gasteiger partial charge in [-0.2, -0.15) is 0 Å². The van der Waals surface area contributed by atoms with Crippen molar-refractivity contribution >= 4 is 25.8 Å². The van der Waals surface area contributed by atoms with E-state index in [1.807, 2.05) is 25.1 Å². The summed E-state index contributed by atoms with van der Waals surface area (Å²) in [5.74, 6) is 0.312. The Kier molecular flexibility index (Phi) is 5.82. The average Bonchev–Trinajstić information content (AvgIpc) is 2.27. The molecule has 1 aromatic rings. The van der Waals surface area contributed by atoms with Gasteiger partial charge in [-0.1, -0.05) is 28.9 Å².